The van der Waals surface area contributed by atoms with Gasteiger partial charge in [-0.3, -0.25) is 4.79 Å². The fraction of sp³-hybridized carbons (Fsp3) is 0.350. The van der Waals surface area contributed by atoms with Gasteiger partial charge in [-0.25, -0.2) is 9.67 Å². The monoisotopic (exact) mass is 430 g/mol. The van der Waals surface area contributed by atoms with Gasteiger partial charge >= 0.3 is 0 Å². The number of aryl methyl sites for hydroxylation is 3. The molecule has 1 aromatic carbocycles. The van der Waals surface area contributed by atoms with Gasteiger partial charge in [0.2, 0.25) is 5.88 Å². The molecular weight excluding hydrogens is 408 g/mol. The predicted molar refractivity (Wildman–Crippen MR) is 109 cm³/mol. The second-order valence-corrected chi connectivity index (χ2v) is 7.71. The van der Waals surface area contributed by atoms with Crippen LogP contribution in [0.1, 0.15) is 23.7 Å². The summed E-state index contributed by atoms with van der Waals surface area (Å²) in [5.74, 6) is 0.268. The van der Waals surface area contributed by atoms with Crippen molar-refractivity contribution >= 4 is 32.9 Å². The summed E-state index contributed by atoms with van der Waals surface area (Å²) in [6, 6.07) is 10.1. The number of hydrogen-bond acceptors (Lipinski definition) is 4. The number of nitrogens with one attached hydrogen (secondary N) is 1. The molecule has 3 aromatic rings. The molecule has 27 heavy (non-hydrogen) atoms. The Labute approximate surface area is 167 Å². The molecule has 7 heteroatoms. The van der Waals surface area contributed by atoms with E-state index in [4.69, 9.17) is 4.74 Å². The molecule has 2 aromatic heterocycles. The van der Waals surface area contributed by atoms with Crippen molar-refractivity contribution in [2.45, 2.75) is 33.2 Å². The zero-order valence-corrected chi connectivity index (χ0v) is 17.5. The number of rotatable bonds is 6. The second-order valence-electron chi connectivity index (χ2n) is 6.80. The van der Waals surface area contributed by atoms with Crippen LogP contribution in [0.15, 0.2) is 34.8 Å². The molecule has 142 valence electrons. The van der Waals surface area contributed by atoms with E-state index in [1.807, 2.05) is 58.2 Å². The van der Waals surface area contributed by atoms with Gasteiger partial charge in [-0.15, -0.1) is 5.10 Å². The Hall–Kier alpha value is -2.41. The molecule has 1 atom stereocenters. The first-order chi connectivity index (χ1) is 12.8. The van der Waals surface area contributed by atoms with Crippen molar-refractivity contribution in [3.63, 3.8) is 0 Å². The van der Waals surface area contributed by atoms with Gasteiger partial charge in [0.25, 0.3) is 5.91 Å². The highest BCUT2D eigenvalue weighted by atomic mass is 79.9. The van der Waals surface area contributed by atoms with E-state index in [0.717, 1.165) is 33.2 Å². The molecule has 0 saturated carbocycles. The fourth-order valence-electron chi connectivity index (χ4n) is 3.13. The smallest absolute Gasteiger partial charge is 0.258 e. The van der Waals surface area contributed by atoms with Crippen LogP contribution in [0.2, 0.25) is 0 Å². The van der Waals surface area contributed by atoms with Crippen LogP contribution in [-0.2, 0) is 18.3 Å². The molecule has 0 aliphatic rings. The molecule has 0 aliphatic carbocycles. The predicted octanol–water partition coefficient (Wildman–Crippen LogP) is 3.47. The van der Waals surface area contributed by atoms with Crippen molar-refractivity contribution in [1.82, 2.24) is 20.1 Å². The van der Waals surface area contributed by atoms with Crippen LogP contribution < -0.4 is 10.1 Å². The number of carbonyl (C=O) groups excluding carboxylic acids is 1. The molecule has 1 amide bonds. The maximum absolute atomic E-state index is 12.3. The Morgan fingerprint density at radius 1 is 1.30 bits per heavy atom. The highest BCUT2D eigenvalue weighted by Crippen LogP contribution is 2.26. The van der Waals surface area contributed by atoms with E-state index < -0.39 is 0 Å². The lowest BCUT2D eigenvalue weighted by Crippen LogP contribution is -2.37. The number of carbonyl (C=O) groups is 1. The third-order valence-corrected chi connectivity index (χ3v) is 4.82. The Balaban J connectivity index is 1.61. The van der Waals surface area contributed by atoms with Gasteiger partial charge in [0.1, 0.15) is 0 Å². The number of pyridine rings is 1. The average Bonchev–Trinajstić information content (AvgIpc) is 2.91. The van der Waals surface area contributed by atoms with Crippen molar-refractivity contribution in [1.29, 1.82) is 0 Å². The number of aromatic nitrogens is 3. The van der Waals surface area contributed by atoms with E-state index in [0.29, 0.717) is 5.88 Å². The minimum atomic E-state index is -0.170. The van der Waals surface area contributed by atoms with E-state index in [1.165, 1.54) is 5.56 Å². The Kier molecular flexibility index (Phi) is 5.79. The molecule has 6 nitrogen and oxygen atoms in total. The van der Waals surface area contributed by atoms with Gasteiger partial charge in [0.15, 0.2) is 12.3 Å². The molecule has 0 aliphatic heterocycles. The Morgan fingerprint density at radius 2 is 2.00 bits per heavy atom. The van der Waals surface area contributed by atoms with Crippen molar-refractivity contribution in [2.24, 2.45) is 7.05 Å². The quantitative estimate of drug-likeness (QED) is 0.649. The fourth-order valence-corrected chi connectivity index (χ4v) is 3.39. The lowest BCUT2D eigenvalue weighted by Gasteiger charge is -2.14. The molecule has 0 bridgehead atoms. The first kappa shape index (κ1) is 19.4. The van der Waals surface area contributed by atoms with Gasteiger partial charge in [-0.2, -0.15) is 0 Å². The molecule has 1 N–H and O–H groups in total. The summed E-state index contributed by atoms with van der Waals surface area (Å²) < 4.78 is 8.42. The second kappa shape index (κ2) is 8.08. The minimum absolute atomic E-state index is 0.00815. The van der Waals surface area contributed by atoms with Crippen molar-refractivity contribution in [2.75, 3.05) is 6.61 Å². The Morgan fingerprint density at radius 3 is 2.70 bits per heavy atom. The van der Waals surface area contributed by atoms with Crippen molar-refractivity contribution in [3.05, 3.63) is 51.6 Å². The summed E-state index contributed by atoms with van der Waals surface area (Å²) in [4.78, 5) is 16.8. The topological polar surface area (TPSA) is 69.0 Å². The van der Waals surface area contributed by atoms with Gasteiger partial charge in [0.05, 0.1) is 5.39 Å². The highest BCUT2D eigenvalue weighted by molar-refractivity contribution is 9.10. The molecule has 0 radical (unpaired) electrons. The summed E-state index contributed by atoms with van der Waals surface area (Å²) >= 11 is 3.42. The van der Waals surface area contributed by atoms with E-state index in [-0.39, 0.29) is 18.6 Å². The normalized spacial score (nSPS) is 12.2. The van der Waals surface area contributed by atoms with Gasteiger partial charge in [0, 0.05) is 23.3 Å². The lowest BCUT2D eigenvalue weighted by atomic mass is 10.1. The summed E-state index contributed by atoms with van der Waals surface area (Å²) in [6.45, 7) is 5.84. The van der Waals surface area contributed by atoms with Crippen LogP contribution in [0.5, 0.6) is 5.88 Å². The zero-order chi connectivity index (χ0) is 19.6. The van der Waals surface area contributed by atoms with Gasteiger partial charge in [-0.05, 0) is 56.5 Å². The summed E-state index contributed by atoms with van der Waals surface area (Å²) in [5.41, 5.74) is 3.88. The van der Waals surface area contributed by atoms with Crippen LogP contribution in [0.3, 0.4) is 0 Å². The number of fused-ring (bicyclic) bond motifs is 1. The zero-order valence-electron chi connectivity index (χ0n) is 15.9. The molecule has 0 saturated heterocycles. The summed E-state index contributed by atoms with van der Waals surface area (Å²) in [7, 11) is 1.82. The highest BCUT2D eigenvalue weighted by Gasteiger charge is 2.16. The molecule has 1 unspecified atom stereocenters. The van der Waals surface area contributed by atoms with E-state index in [9.17, 15) is 4.79 Å². The average molecular weight is 431 g/mol. The molecule has 0 spiro atoms. The molecule has 3 rings (SSSR count). The Bertz CT molecular complexity index is 966. The number of nitrogens with zero attached hydrogens (tertiary/aromatic N) is 3. The van der Waals surface area contributed by atoms with E-state index in [1.54, 1.807) is 4.68 Å². The van der Waals surface area contributed by atoms with Crippen LogP contribution in [-0.4, -0.2) is 33.3 Å². The van der Waals surface area contributed by atoms with Crippen LogP contribution >= 0.6 is 15.9 Å². The summed E-state index contributed by atoms with van der Waals surface area (Å²) in [6.07, 6.45) is 0.758. The van der Waals surface area contributed by atoms with E-state index >= 15 is 0 Å². The lowest BCUT2D eigenvalue weighted by molar-refractivity contribution is -0.123. The maximum Gasteiger partial charge on any atom is 0.258 e. The first-order valence-electron chi connectivity index (χ1n) is 8.81. The number of hydrogen-bond donors (Lipinski definition) is 1. The van der Waals surface area contributed by atoms with Gasteiger partial charge in [-0.1, -0.05) is 28.1 Å². The van der Waals surface area contributed by atoms with Crippen molar-refractivity contribution < 1.29 is 9.53 Å². The number of benzene rings is 1. The summed E-state index contributed by atoms with van der Waals surface area (Å²) in [5, 5.41) is 8.18. The van der Waals surface area contributed by atoms with Crippen LogP contribution in [0.25, 0.3) is 11.0 Å². The standard InChI is InChI=1S/C20H23BrN4O2/c1-12-9-13(2)23-19-18(12)20(24-25(19)4)27-11-17(26)22-14(3)10-15-5-7-16(21)8-6-15/h5-9,14H,10-11H2,1-4H3,(H,22,26). The first-order valence-corrected chi connectivity index (χ1v) is 9.60. The minimum Gasteiger partial charge on any atom is -0.466 e. The van der Waals surface area contributed by atoms with Crippen molar-refractivity contribution in [3.8, 4) is 5.88 Å². The van der Waals surface area contributed by atoms with Crippen LogP contribution in [0, 0.1) is 13.8 Å². The maximum atomic E-state index is 12.3. The number of amides is 1. The third-order valence-electron chi connectivity index (χ3n) is 4.29. The number of ether oxygens (including phenoxy) is 1. The SMILES string of the molecule is Cc1cc(C)c2c(OCC(=O)NC(C)Cc3ccc(Br)cc3)nn(C)c2n1. The molecule has 0 fully saturated rings. The largest absolute Gasteiger partial charge is 0.466 e. The van der Waals surface area contributed by atoms with E-state index in [2.05, 4.69) is 31.3 Å². The molecule has 2 heterocycles. The third kappa shape index (κ3) is 4.66. The van der Waals surface area contributed by atoms with Crippen LogP contribution in [0.4, 0.5) is 0 Å². The van der Waals surface area contributed by atoms with Gasteiger partial charge < -0.3 is 10.1 Å². The number of halogens is 1. The molecular formula is C20H23BrN4O2.